The van der Waals surface area contributed by atoms with Crippen LogP contribution in [0, 0.1) is 6.92 Å². The number of rotatable bonds is 9. The third-order valence-corrected chi connectivity index (χ3v) is 5.70. The third kappa shape index (κ3) is 5.12. The lowest BCUT2D eigenvalue weighted by Crippen LogP contribution is -2.39. The SMILES string of the molecule is CCCCNS(=O)(=O)NC(=O)C=Cc1c(C)nn(C)c1-n1ccc2ccc(OC)nc21. The van der Waals surface area contributed by atoms with E-state index in [1.54, 1.807) is 31.0 Å². The molecule has 0 spiro atoms. The number of aryl methyl sites for hydroxylation is 2. The fourth-order valence-electron chi connectivity index (χ4n) is 3.16. The van der Waals surface area contributed by atoms with Crippen LogP contribution in [0.4, 0.5) is 0 Å². The largest absolute Gasteiger partial charge is 0.481 e. The number of nitrogens with one attached hydrogen (secondary N) is 2. The lowest BCUT2D eigenvalue weighted by atomic mass is 10.2. The maximum Gasteiger partial charge on any atom is 0.301 e. The van der Waals surface area contributed by atoms with E-state index in [1.807, 2.05) is 41.5 Å². The van der Waals surface area contributed by atoms with Crippen LogP contribution in [-0.2, 0) is 22.1 Å². The van der Waals surface area contributed by atoms with E-state index in [1.165, 1.54) is 6.08 Å². The molecule has 0 bridgehead atoms. The molecule has 3 aromatic rings. The predicted molar refractivity (Wildman–Crippen MR) is 118 cm³/mol. The van der Waals surface area contributed by atoms with Crippen molar-refractivity contribution in [3.05, 3.63) is 41.7 Å². The summed E-state index contributed by atoms with van der Waals surface area (Å²) in [5.41, 5.74) is 2.01. The summed E-state index contributed by atoms with van der Waals surface area (Å²) in [5.74, 6) is 0.403. The van der Waals surface area contributed by atoms with Crippen molar-refractivity contribution in [2.45, 2.75) is 26.7 Å². The Balaban J connectivity index is 1.90. The minimum atomic E-state index is -3.90. The van der Waals surface area contributed by atoms with Crippen LogP contribution in [0.15, 0.2) is 30.5 Å². The molecule has 3 rings (SSSR count). The molecular weight excluding hydrogens is 420 g/mol. The Morgan fingerprint density at radius 2 is 2.06 bits per heavy atom. The van der Waals surface area contributed by atoms with Crippen LogP contribution >= 0.6 is 0 Å². The number of unbranched alkanes of at least 4 members (excludes halogenated alkanes) is 1. The molecule has 0 fully saturated rings. The van der Waals surface area contributed by atoms with Crippen LogP contribution in [0.1, 0.15) is 31.0 Å². The fourth-order valence-corrected chi connectivity index (χ4v) is 3.98. The van der Waals surface area contributed by atoms with Gasteiger partial charge in [-0.2, -0.15) is 23.2 Å². The van der Waals surface area contributed by atoms with E-state index >= 15 is 0 Å². The molecule has 0 aliphatic rings. The normalized spacial score (nSPS) is 12.0. The Hall–Kier alpha value is -3.18. The standard InChI is InChI=1S/C20H26N6O4S/c1-5-6-12-21-31(28,29)24-17(27)9-8-16-14(2)23-25(3)20(16)26-13-11-15-7-10-18(30-4)22-19(15)26/h7-11,13,21H,5-6,12H2,1-4H3,(H,24,27). The zero-order valence-corrected chi connectivity index (χ0v) is 18.7. The molecule has 2 N–H and O–H groups in total. The molecule has 0 aliphatic carbocycles. The van der Waals surface area contributed by atoms with E-state index in [0.717, 1.165) is 11.8 Å². The van der Waals surface area contributed by atoms with Crippen LogP contribution in [-0.4, -0.2) is 47.3 Å². The number of methoxy groups -OCH3 is 1. The second-order valence-electron chi connectivity index (χ2n) is 6.95. The van der Waals surface area contributed by atoms with Crippen LogP contribution in [0.5, 0.6) is 5.88 Å². The van der Waals surface area contributed by atoms with Crippen LogP contribution in [0.2, 0.25) is 0 Å². The number of hydrogen-bond donors (Lipinski definition) is 2. The molecule has 3 heterocycles. The van der Waals surface area contributed by atoms with Crippen molar-refractivity contribution >= 4 is 33.2 Å². The smallest absolute Gasteiger partial charge is 0.301 e. The maximum absolute atomic E-state index is 12.2. The molecule has 166 valence electrons. The molecule has 1 amide bonds. The number of carbonyl (C=O) groups excluding carboxylic acids is 1. The average molecular weight is 447 g/mol. The molecule has 0 unspecified atom stereocenters. The van der Waals surface area contributed by atoms with Crippen LogP contribution < -0.4 is 14.2 Å². The van der Waals surface area contributed by atoms with Gasteiger partial charge in [-0.1, -0.05) is 13.3 Å². The Labute approximate surface area is 181 Å². The maximum atomic E-state index is 12.2. The fraction of sp³-hybridized carbons (Fsp3) is 0.350. The van der Waals surface area contributed by atoms with Gasteiger partial charge >= 0.3 is 10.2 Å². The van der Waals surface area contributed by atoms with Gasteiger partial charge in [-0.15, -0.1) is 0 Å². The minimum Gasteiger partial charge on any atom is -0.481 e. The van der Waals surface area contributed by atoms with Crippen LogP contribution in [0.25, 0.3) is 22.9 Å². The first kappa shape index (κ1) is 22.5. The zero-order chi connectivity index (χ0) is 22.6. The number of hydrogen-bond acceptors (Lipinski definition) is 6. The Morgan fingerprint density at radius 1 is 1.29 bits per heavy atom. The van der Waals surface area contributed by atoms with Crippen molar-refractivity contribution in [1.82, 2.24) is 28.8 Å². The van der Waals surface area contributed by atoms with Gasteiger partial charge in [-0.25, -0.2) is 4.72 Å². The summed E-state index contributed by atoms with van der Waals surface area (Å²) in [4.78, 5) is 16.7. The quantitative estimate of drug-likeness (QED) is 0.382. The summed E-state index contributed by atoms with van der Waals surface area (Å²) in [6, 6.07) is 5.60. The summed E-state index contributed by atoms with van der Waals surface area (Å²) >= 11 is 0. The molecule has 10 nitrogen and oxygen atoms in total. The highest BCUT2D eigenvalue weighted by atomic mass is 32.2. The molecule has 0 saturated carbocycles. The van der Waals surface area contributed by atoms with E-state index in [2.05, 4.69) is 14.8 Å². The number of aromatic nitrogens is 4. The second kappa shape index (κ2) is 9.31. The number of ether oxygens (including phenoxy) is 1. The van der Waals surface area contributed by atoms with Gasteiger partial charge in [0.15, 0.2) is 0 Å². The van der Waals surface area contributed by atoms with E-state index in [4.69, 9.17) is 4.74 Å². The zero-order valence-electron chi connectivity index (χ0n) is 17.9. The molecular formula is C20H26N6O4S. The van der Waals surface area contributed by atoms with E-state index < -0.39 is 16.1 Å². The summed E-state index contributed by atoms with van der Waals surface area (Å²) in [7, 11) is -0.568. The average Bonchev–Trinajstić information content (AvgIpc) is 3.24. The number of fused-ring (bicyclic) bond motifs is 1. The Kier molecular flexibility index (Phi) is 6.76. The van der Waals surface area contributed by atoms with Crippen molar-refractivity contribution in [1.29, 1.82) is 0 Å². The molecule has 0 saturated heterocycles. The first-order chi connectivity index (χ1) is 14.8. The van der Waals surface area contributed by atoms with Crippen LogP contribution in [0.3, 0.4) is 0 Å². The van der Waals surface area contributed by atoms with Gasteiger partial charge in [0.05, 0.1) is 12.8 Å². The lowest BCUT2D eigenvalue weighted by molar-refractivity contribution is -0.114. The Morgan fingerprint density at radius 3 is 2.77 bits per heavy atom. The Bertz CT molecular complexity index is 1230. The summed E-state index contributed by atoms with van der Waals surface area (Å²) < 4.78 is 37.0. The van der Waals surface area contributed by atoms with Crippen molar-refractivity contribution in [2.75, 3.05) is 13.7 Å². The first-order valence-corrected chi connectivity index (χ1v) is 11.3. The predicted octanol–water partition coefficient (Wildman–Crippen LogP) is 1.84. The highest BCUT2D eigenvalue weighted by Crippen LogP contribution is 2.25. The number of carbonyl (C=O) groups is 1. The van der Waals surface area contributed by atoms with Gasteiger partial charge in [0.1, 0.15) is 11.5 Å². The van der Waals surface area contributed by atoms with Crippen molar-refractivity contribution in [3.8, 4) is 11.7 Å². The van der Waals surface area contributed by atoms with Crippen molar-refractivity contribution < 1.29 is 17.9 Å². The third-order valence-electron chi connectivity index (χ3n) is 4.64. The van der Waals surface area contributed by atoms with Gasteiger partial charge in [0, 0.05) is 42.9 Å². The highest BCUT2D eigenvalue weighted by molar-refractivity contribution is 7.88. The number of nitrogens with zero attached hydrogens (tertiary/aromatic N) is 4. The summed E-state index contributed by atoms with van der Waals surface area (Å²) in [5, 5.41) is 5.36. The highest BCUT2D eigenvalue weighted by Gasteiger charge is 2.17. The first-order valence-electron chi connectivity index (χ1n) is 9.81. The topological polar surface area (TPSA) is 120 Å². The van der Waals surface area contributed by atoms with Gasteiger partial charge in [0.25, 0.3) is 5.91 Å². The van der Waals surface area contributed by atoms with Gasteiger partial charge < -0.3 is 4.74 Å². The molecule has 3 aromatic heterocycles. The summed E-state index contributed by atoms with van der Waals surface area (Å²) in [6.45, 7) is 4.03. The number of pyridine rings is 1. The van der Waals surface area contributed by atoms with E-state index in [9.17, 15) is 13.2 Å². The number of amides is 1. The lowest BCUT2D eigenvalue weighted by Gasteiger charge is -2.08. The van der Waals surface area contributed by atoms with Gasteiger partial charge in [-0.3, -0.25) is 14.0 Å². The second-order valence-corrected chi connectivity index (χ2v) is 8.45. The molecule has 0 radical (unpaired) electrons. The molecule has 0 aliphatic heterocycles. The van der Waals surface area contributed by atoms with Gasteiger partial charge in [0.2, 0.25) is 5.88 Å². The van der Waals surface area contributed by atoms with Crippen molar-refractivity contribution in [2.24, 2.45) is 7.05 Å². The molecule has 31 heavy (non-hydrogen) atoms. The monoisotopic (exact) mass is 446 g/mol. The molecule has 0 aromatic carbocycles. The van der Waals surface area contributed by atoms with E-state index in [0.29, 0.717) is 35.0 Å². The van der Waals surface area contributed by atoms with Crippen molar-refractivity contribution in [3.63, 3.8) is 0 Å². The molecule has 0 atom stereocenters. The molecule has 11 heteroatoms. The van der Waals surface area contributed by atoms with E-state index in [-0.39, 0.29) is 6.54 Å². The summed E-state index contributed by atoms with van der Waals surface area (Å²) in [6.07, 6.45) is 6.10. The van der Waals surface area contributed by atoms with Gasteiger partial charge in [-0.05, 0) is 31.6 Å². The minimum absolute atomic E-state index is 0.270.